The highest BCUT2D eigenvalue weighted by Crippen LogP contribution is 2.29. The number of benzene rings is 1. The van der Waals surface area contributed by atoms with E-state index in [0.29, 0.717) is 15.3 Å². The molecule has 0 aromatic heterocycles. The summed E-state index contributed by atoms with van der Waals surface area (Å²) in [6.45, 7) is 4.32. The SMILES string of the molecule is CCCC(C)Sc1ccc(Br)c(C(=O)O)c1. The topological polar surface area (TPSA) is 37.3 Å². The first-order valence-electron chi connectivity index (χ1n) is 5.24. The van der Waals surface area contributed by atoms with Crippen LogP contribution in [-0.2, 0) is 0 Å². The van der Waals surface area contributed by atoms with Gasteiger partial charge in [-0.25, -0.2) is 4.79 Å². The van der Waals surface area contributed by atoms with Crippen molar-refractivity contribution in [3.05, 3.63) is 28.2 Å². The second kappa shape index (κ2) is 6.30. The van der Waals surface area contributed by atoms with E-state index in [-0.39, 0.29) is 0 Å². The van der Waals surface area contributed by atoms with Gasteiger partial charge in [-0.15, -0.1) is 11.8 Å². The molecule has 1 rings (SSSR count). The zero-order valence-electron chi connectivity index (χ0n) is 9.37. The van der Waals surface area contributed by atoms with Gasteiger partial charge in [0.25, 0.3) is 0 Å². The highest BCUT2D eigenvalue weighted by molar-refractivity contribution is 9.10. The summed E-state index contributed by atoms with van der Waals surface area (Å²) in [5, 5.41) is 9.51. The van der Waals surface area contributed by atoms with Crippen molar-refractivity contribution in [2.24, 2.45) is 0 Å². The molecule has 0 aliphatic rings. The van der Waals surface area contributed by atoms with Crippen LogP contribution in [0.1, 0.15) is 37.0 Å². The van der Waals surface area contributed by atoms with Crippen LogP contribution in [-0.4, -0.2) is 16.3 Å². The lowest BCUT2D eigenvalue weighted by Gasteiger charge is -2.10. The summed E-state index contributed by atoms with van der Waals surface area (Å²) in [5.74, 6) is -0.891. The molecule has 88 valence electrons. The van der Waals surface area contributed by atoms with Crippen molar-refractivity contribution < 1.29 is 9.90 Å². The van der Waals surface area contributed by atoms with Crippen molar-refractivity contribution in [1.82, 2.24) is 0 Å². The molecule has 1 atom stereocenters. The van der Waals surface area contributed by atoms with Gasteiger partial charge in [-0.2, -0.15) is 0 Å². The number of rotatable bonds is 5. The number of aromatic carboxylic acids is 1. The maximum Gasteiger partial charge on any atom is 0.336 e. The van der Waals surface area contributed by atoms with Crippen LogP contribution in [0.3, 0.4) is 0 Å². The van der Waals surface area contributed by atoms with Crippen LogP contribution < -0.4 is 0 Å². The first-order chi connectivity index (χ1) is 7.54. The Balaban J connectivity index is 2.82. The Morgan fingerprint density at radius 2 is 2.25 bits per heavy atom. The summed E-state index contributed by atoms with van der Waals surface area (Å²) in [4.78, 5) is 12.0. The molecule has 0 fully saturated rings. The number of carboxylic acid groups (broad SMARTS) is 1. The van der Waals surface area contributed by atoms with Gasteiger partial charge in [-0.1, -0.05) is 20.3 Å². The molecule has 1 N–H and O–H groups in total. The number of hydrogen-bond donors (Lipinski definition) is 1. The van der Waals surface area contributed by atoms with E-state index < -0.39 is 5.97 Å². The molecule has 16 heavy (non-hydrogen) atoms. The minimum Gasteiger partial charge on any atom is -0.478 e. The van der Waals surface area contributed by atoms with E-state index in [2.05, 4.69) is 29.8 Å². The summed E-state index contributed by atoms with van der Waals surface area (Å²) in [6.07, 6.45) is 2.29. The van der Waals surface area contributed by atoms with Gasteiger partial charge in [0.15, 0.2) is 0 Å². The van der Waals surface area contributed by atoms with E-state index in [9.17, 15) is 4.79 Å². The van der Waals surface area contributed by atoms with Crippen LogP contribution in [0.2, 0.25) is 0 Å². The van der Waals surface area contributed by atoms with Gasteiger partial charge in [0.1, 0.15) is 0 Å². The lowest BCUT2D eigenvalue weighted by molar-refractivity contribution is 0.0695. The van der Waals surface area contributed by atoms with Gasteiger partial charge in [0.05, 0.1) is 5.56 Å². The van der Waals surface area contributed by atoms with E-state index in [1.54, 1.807) is 23.9 Å². The minimum absolute atomic E-state index is 0.327. The predicted molar refractivity (Wildman–Crippen MR) is 71.3 cm³/mol. The molecule has 0 radical (unpaired) electrons. The third-order valence-electron chi connectivity index (χ3n) is 2.20. The van der Waals surface area contributed by atoms with E-state index in [1.165, 1.54) is 0 Å². The number of hydrogen-bond acceptors (Lipinski definition) is 2. The molecule has 1 aromatic carbocycles. The Morgan fingerprint density at radius 1 is 1.56 bits per heavy atom. The Kier molecular flexibility index (Phi) is 5.35. The Labute approximate surface area is 109 Å². The van der Waals surface area contributed by atoms with Gasteiger partial charge >= 0.3 is 5.97 Å². The lowest BCUT2D eigenvalue weighted by Crippen LogP contribution is -1.99. The lowest BCUT2D eigenvalue weighted by atomic mass is 10.2. The van der Waals surface area contributed by atoms with Crippen LogP contribution >= 0.6 is 27.7 Å². The summed E-state index contributed by atoms with van der Waals surface area (Å²) in [5.41, 5.74) is 0.327. The number of halogens is 1. The van der Waals surface area contributed by atoms with Crippen LogP contribution in [0.4, 0.5) is 0 Å². The number of thioether (sulfide) groups is 1. The minimum atomic E-state index is -0.891. The molecular formula is C12H15BrO2S. The molecule has 0 saturated heterocycles. The van der Waals surface area contributed by atoms with Crippen LogP contribution in [0.15, 0.2) is 27.6 Å². The Hall–Kier alpha value is -0.480. The summed E-state index contributed by atoms with van der Waals surface area (Å²) in [7, 11) is 0. The Bertz CT molecular complexity index is 379. The van der Waals surface area contributed by atoms with Gasteiger partial charge in [0, 0.05) is 14.6 Å². The van der Waals surface area contributed by atoms with Crippen LogP contribution in [0.25, 0.3) is 0 Å². The van der Waals surface area contributed by atoms with Gasteiger partial charge < -0.3 is 5.11 Å². The summed E-state index contributed by atoms with van der Waals surface area (Å²) >= 11 is 4.96. The average molecular weight is 303 g/mol. The molecule has 4 heteroatoms. The van der Waals surface area contributed by atoms with Crippen molar-refractivity contribution in [3.8, 4) is 0 Å². The van der Waals surface area contributed by atoms with Crippen molar-refractivity contribution in [2.75, 3.05) is 0 Å². The Morgan fingerprint density at radius 3 is 2.81 bits per heavy atom. The summed E-state index contributed by atoms with van der Waals surface area (Å²) in [6, 6.07) is 5.47. The smallest absolute Gasteiger partial charge is 0.336 e. The fourth-order valence-electron chi connectivity index (χ4n) is 1.44. The number of carbonyl (C=O) groups is 1. The fraction of sp³-hybridized carbons (Fsp3) is 0.417. The summed E-state index contributed by atoms with van der Waals surface area (Å²) < 4.78 is 0.632. The maximum absolute atomic E-state index is 10.9. The average Bonchev–Trinajstić information content (AvgIpc) is 2.21. The third-order valence-corrected chi connectivity index (χ3v) is 4.06. The van der Waals surface area contributed by atoms with Gasteiger partial charge in [-0.05, 0) is 40.5 Å². The standard InChI is InChI=1S/C12H15BrO2S/c1-3-4-8(2)16-9-5-6-11(13)10(7-9)12(14)15/h5-8H,3-4H2,1-2H3,(H,14,15). The zero-order valence-corrected chi connectivity index (χ0v) is 11.8. The largest absolute Gasteiger partial charge is 0.478 e. The van der Waals surface area contributed by atoms with Crippen molar-refractivity contribution in [2.45, 2.75) is 36.8 Å². The molecule has 0 saturated carbocycles. The van der Waals surface area contributed by atoms with E-state index in [1.807, 2.05) is 6.07 Å². The molecule has 1 unspecified atom stereocenters. The predicted octanol–water partition coefficient (Wildman–Crippen LogP) is 4.43. The molecule has 0 heterocycles. The molecule has 0 aliphatic carbocycles. The van der Waals surface area contributed by atoms with E-state index in [4.69, 9.17) is 5.11 Å². The van der Waals surface area contributed by atoms with Gasteiger partial charge in [0.2, 0.25) is 0 Å². The molecule has 0 amide bonds. The second-order valence-electron chi connectivity index (χ2n) is 3.66. The maximum atomic E-state index is 10.9. The van der Waals surface area contributed by atoms with E-state index >= 15 is 0 Å². The second-order valence-corrected chi connectivity index (χ2v) is 6.03. The molecule has 0 aliphatic heterocycles. The fourth-order valence-corrected chi connectivity index (χ4v) is 3.01. The van der Waals surface area contributed by atoms with Crippen molar-refractivity contribution in [3.63, 3.8) is 0 Å². The molecule has 0 spiro atoms. The normalized spacial score (nSPS) is 12.4. The first-order valence-corrected chi connectivity index (χ1v) is 6.91. The molecule has 1 aromatic rings. The van der Waals surface area contributed by atoms with Gasteiger partial charge in [-0.3, -0.25) is 0 Å². The van der Waals surface area contributed by atoms with E-state index in [0.717, 1.165) is 17.7 Å². The zero-order chi connectivity index (χ0) is 12.1. The number of carboxylic acids is 1. The van der Waals surface area contributed by atoms with Crippen molar-refractivity contribution in [1.29, 1.82) is 0 Å². The molecule has 2 nitrogen and oxygen atoms in total. The monoisotopic (exact) mass is 302 g/mol. The van der Waals surface area contributed by atoms with Crippen LogP contribution in [0, 0.1) is 0 Å². The highest BCUT2D eigenvalue weighted by atomic mass is 79.9. The van der Waals surface area contributed by atoms with Crippen molar-refractivity contribution >= 4 is 33.7 Å². The molecular weight excluding hydrogens is 288 g/mol. The molecule has 0 bridgehead atoms. The highest BCUT2D eigenvalue weighted by Gasteiger charge is 2.10. The third kappa shape index (κ3) is 3.83. The van der Waals surface area contributed by atoms with Crippen LogP contribution in [0.5, 0.6) is 0 Å². The quantitative estimate of drug-likeness (QED) is 0.818. The first kappa shape index (κ1) is 13.6.